The highest BCUT2D eigenvalue weighted by molar-refractivity contribution is 5.23. The van der Waals surface area contributed by atoms with E-state index in [2.05, 4.69) is 22.4 Å². The molecular formula is C12H18N2O. The predicted molar refractivity (Wildman–Crippen MR) is 59.8 cm³/mol. The Morgan fingerprint density at radius 2 is 2.27 bits per heavy atom. The van der Waals surface area contributed by atoms with E-state index in [1.807, 2.05) is 12.4 Å². The molecule has 1 fully saturated rings. The molecule has 1 heterocycles. The minimum absolute atomic E-state index is 0.753. The van der Waals surface area contributed by atoms with Gasteiger partial charge in [0.1, 0.15) is 0 Å². The summed E-state index contributed by atoms with van der Waals surface area (Å²) in [4.78, 5) is 4.03. The molecule has 1 aromatic rings. The Kier molecular flexibility index (Phi) is 3.69. The lowest BCUT2D eigenvalue weighted by Crippen LogP contribution is -2.21. The molecule has 2 rings (SSSR count). The van der Waals surface area contributed by atoms with Crippen molar-refractivity contribution >= 4 is 0 Å². The summed E-state index contributed by atoms with van der Waals surface area (Å²) < 4.78 is 4.98. The van der Waals surface area contributed by atoms with Gasteiger partial charge in [-0.3, -0.25) is 4.98 Å². The maximum atomic E-state index is 4.98. The van der Waals surface area contributed by atoms with Gasteiger partial charge in [-0.15, -0.1) is 0 Å². The number of hydrogen-bond acceptors (Lipinski definition) is 3. The largest absolute Gasteiger partial charge is 0.383 e. The molecule has 82 valence electrons. The molecule has 3 nitrogen and oxygen atoms in total. The summed E-state index contributed by atoms with van der Waals surface area (Å²) in [7, 11) is 1.73. The second-order valence-electron chi connectivity index (χ2n) is 4.08. The van der Waals surface area contributed by atoms with Crippen LogP contribution in [0.1, 0.15) is 17.9 Å². The van der Waals surface area contributed by atoms with Crippen molar-refractivity contribution in [1.82, 2.24) is 10.3 Å². The van der Waals surface area contributed by atoms with Gasteiger partial charge in [0, 0.05) is 26.0 Å². The molecule has 1 N–H and O–H groups in total. The summed E-state index contributed by atoms with van der Waals surface area (Å²) in [6.45, 7) is 2.86. The van der Waals surface area contributed by atoms with Gasteiger partial charge in [0.25, 0.3) is 0 Å². The normalized spacial score (nSPS) is 24.1. The van der Waals surface area contributed by atoms with Crippen LogP contribution in [0, 0.1) is 5.92 Å². The second-order valence-corrected chi connectivity index (χ2v) is 4.08. The Labute approximate surface area is 90.9 Å². The summed E-state index contributed by atoms with van der Waals surface area (Å²) in [6, 6.07) is 4.25. The van der Waals surface area contributed by atoms with Crippen molar-refractivity contribution < 1.29 is 4.74 Å². The Morgan fingerprint density at radius 1 is 1.47 bits per heavy atom. The molecule has 2 unspecified atom stereocenters. The van der Waals surface area contributed by atoms with Gasteiger partial charge in [-0.25, -0.2) is 0 Å². The van der Waals surface area contributed by atoms with Gasteiger partial charge >= 0.3 is 0 Å². The van der Waals surface area contributed by atoms with Crippen LogP contribution in [0.15, 0.2) is 24.5 Å². The van der Waals surface area contributed by atoms with E-state index in [1.54, 1.807) is 7.11 Å². The van der Waals surface area contributed by atoms with E-state index in [0.717, 1.165) is 31.5 Å². The lowest BCUT2D eigenvalue weighted by Gasteiger charge is -2.03. The SMILES string of the molecule is COCCNCC1CC1c1ccncc1. The van der Waals surface area contributed by atoms with Crippen LogP contribution in [0.2, 0.25) is 0 Å². The van der Waals surface area contributed by atoms with Gasteiger partial charge in [-0.05, 0) is 42.5 Å². The average Bonchev–Trinajstić information content (AvgIpc) is 3.05. The van der Waals surface area contributed by atoms with E-state index < -0.39 is 0 Å². The lowest BCUT2D eigenvalue weighted by molar-refractivity contribution is 0.199. The van der Waals surface area contributed by atoms with Crippen molar-refractivity contribution in [3.8, 4) is 0 Å². The molecule has 1 saturated carbocycles. The molecule has 0 spiro atoms. The van der Waals surface area contributed by atoms with E-state index in [4.69, 9.17) is 4.74 Å². The summed E-state index contributed by atoms with van der Waals surface area (Å²) in [6.07, 6.45) is 5.07. The fraction of sp³-hybridized carbons (Fsp3) is 0.583. The number of methoxy groups -OCH3 is 1. The highest BCUT2D eigenvalue weighted by Gasteiger charge is 2.37. The van der Waals surface area contributed by atoms with Crippen LogP contribution in [-0.2, 0) is 4.74 Å². The van der Waals surface area contributed by atoms with Gasteiger partial charge in [0.15, 0.2) is 0 Å². The van der Waals surface area contributed by atoms with Crippen molar-refractivity contribution in [2.24, 2.45) is 5.92 Å². The van der Waals surface area contributed by atoms with Crippen LogP contribution in [0.5, 0.6) is 0 Å². The van der Waals surface area contributed by atoms with E-state index in [0.29, 0.717) is 0 Å². The van der Waals surface area contributed by atoms with Crippen LogP contribution in [0.4, 0.5) is 0 Å². The molecule has 0 saturated heterocycles. The Morgan fingerprint density at radius 3 is 3.00 bits per heavy atom. The van der Waals surface area contributed by atoms with Gasteiger partial charge in [0.05, 0.1) is 6.61 Å². The number of rotatable bonds is 6. The average molecular weight is 206 g/mol. The van der Waals surface area contributed by atoms with Crippen molar-refractivity contribution in [2.75, 3.05) is 26.8 Å². The fourth-order valence-corrected chi connectivity index (χ4v) is 1.95. The molecule has 0 radical (unpaired) electrons. The number of nitrogens with zero attached hydrogens (tertiary/aromatic N) is 1. The number of pyridine rings is 1. The molecule has 0 amide bonds. The molecule has 2 atom stereocenters. The third-order valence-corrected chi connectivity index (χ3v) is 2.95. The molecule has 3 heteroatoms. The first kappa shape index (κ1) is 10.6. The fourth-order valence-electron chi connectivity index (χ4n) is 1.95. The highest BCUT2D eigenvalue weighted by atomic mass is 16.5. The summed E-state index contributed by atoms with van der Waals surface area (Å²) >= 11 is 0. The Balaban J connectivity index is 1.68. The van der Waals surface area contributed by atoms with Gasteiger partial charge in [-0.2, -0.15) is 0 Å². The smallest absolute Gasteiger partial charge is 0.0587 e. The van der Waals surface area contributed by atoms with Crippen molar-refractivity contribution in [3.63, 3.8) is 0 Å². The van der Waals surface area contributed by atoms with Gasteiger partial charge in [-0.1, -0.05) is 0 Å². The monoisotopic (exact) mass is 206 g/mol. The lowest BCUT2D eigenvalue weighted by atomic mass is 10.1. The molecule has 0 aliphatic heterocycles. The van der Waals surface area contributed by atoms with Crippen LogP contribution in [0.3, 0.4) is 0 Å². The maximum absolute atomic E-state index is 4.98. The van der Waals surface area contributed by atoms with Crippen LogP contribution < -0.4 is 5.32 Å². The molecule has 0 aromatic carbocycles. The van der Waals surface area contributed by atoms with Crippen molar-refractivity contribution in [3.05, 3.63) is 30.1 Å². The molecule has 15 heavy (non-hydrogen) atoms. The minimum atomic E-state index is 0.753. The summed E-state index contributed by atoms with van der Waals surface area (Å²) in [5.74, 6) is 1.56. The summed E-state index contributed by atoms with van der Waals surface area (Å²) in [5, 5.41) is 3.41. The zero-order chi connectivity index (χ0) is 10.5. The zero-order valence-electron chi connectivity index (χ0n) is 9.15. The zero-order valence-corrected chi connectivity index (χ0v) is 9.15. The highest BCUT2D eigenvalue weighted by Crippen LogP contribution is 2.46. The first-order valence-corrected chi connectivity index (χ1v) is 5.51. The van der Waals surface area contributed by atoms with Crippen LogP contribution in [0.25, 0.3) is 0 Å². The first-order chi connectivity index (χ1) is 7.42. The third-order valence-electron chi connectivity index (χ3n) is 2.95. The Bertz CT molecular complexity index is 289. The van der Waals surface area contributed by atoms with E-state index >= 15 is 0 Å². The van der Waals surface area contributed by atoms with Crippen LogP contribution >= 0.6 is 0 Å². The quantitative estimate of drug-likeness (QED) is 0.715. The maximum Gasteiger partial charge on any atom is 0.0587 e. The van der Waals surface area contributed by atoms with E-state index in [1.165, 1.54) is 12.0 Å². The van der Waals surface area contributed by atoms with E-state index in [-0.39, 0.29) is 0 Å². The predicted octanol–water partition coefficient (Wildman–Crippen LogP) is 1.42. The number of nitrogens with one attached hydrogen (secondary N) is 1. The standard InChI is InChI=1S/C12H18N2O/c1-15-7-6-14-9-11-8-12(11)10-2-4-13-5-3-10/h2-5,11-12,14H,6-9H2,1H3. The molecule has 1 aromatic heterocycles. The second kappa shape index (κ2) is 5.24. The van der Waals surface area contributed by atoms with E-state index in [9.17, 15) is 0 Å². The summed E-state index contributed by atoms with van der Waals surface area (Å²) in [5.41, 5.74) is 1.43. The minimum Gasteiger partial charge on any atom is -0.383 e. The first-order valence-electron chi connectivity index (χ1n) is 5.51. The molecular weight excluding hydrogens is 188 g/mol. The van der Waals surface area contributed by atoms with Crippen molar-refractivity contribution in [1.29, 1.82) is 0 Å². The Hall–Kier alpha value is -0.930. The van der Waals surface area contributed by atoms with Crippen molar-refractivity contribution in [2.45, 2.75) is 12.3 Å². The number of aromatic nitrogens is 1. The van der Waals surface area contributed by atoms with Gasteiger partial charge < -0.3 is 10.1 Å². The molecule has 1 aliphatic carbocycles. The third kappa shape index (κ3) is 3.01. The topological polar surface area (TPSA) is 34.1 Å². The molecule has 0 bridgehead atoms. The van der Waals surface area contributed by atoms with Crippen LogP contribution in [-0.4, -0.2) is 31.8 Å². The van der Waals surface area contributed by atoms with Gasteiger partial charge in [0.2, 0.25) is 0 Å². The molecule has 1 aliphatic rings. The number of ether oxygens (including phenoxy) is 1. The number of hydrogen-bond donors (Lipinski definition) is 1.